The average molecular weight is 422 g/mol. The van der Waals surface area contributed by atoms with Gasteiger partial charge in [-0.05, 0) is 48.5 Å². The molecule has 0 radical (unpaired) electrons. The molecule has 152 valence electrons. The maximum absolute atomic E-state index is 12.6. The summed E-state index contributed by atoms with van der Waals surface area (Å²) < 4.78 is 13.1. The van der Waals surface area contributed by atoms with Crippen LogP contribution in [0.25, 0.3) is 5.69 Å². The number of hydrogen-bond donors (Lipinski definition) is 1. The zero-order chi connectivity index (χ0) is 20.9. The summed E-state index contributed by atoms with van der Waals surface area (Å²) in [6, 6.07) is 16.3. The summed E-state index contributed by atoms with van der Waals surface area (Å²) in [6.07, 6.45) is 5.19. The Bertz CT molecular complexity index is 1080. The van der Waals surface area contributed by atoms with Crippen LogP contribution < -0.4 is 10.1 Å². The van der Waals surface area contributed by atoms with E-state index in [9.17, 15) is 10.1 Å². The van der Waals surface area contributed by atoms with Gasteiger partial charge in [0.15, 0.2) is 0 Å². The minimum Gasteiger partial charge on any atom is -0.489 e. The second kappa shape index (κ2) is 9.04. The van der Waals surface area contributed by atoms with Crippen LogP contribution in [0, 0.1) is 11.3 Å². The van der Waals surface area contributed by atoms with Gasteiger partial charge in [0.05, 0.1) is 24.3 Å². The molecule has 3 aromatic rings. The lowest BCUT2D eigenvalue weighted by molar-refractivity contribution is 0.0254. The number of benzene rings is 2. The third kappa shape index (κ3) is 4.65. The maximum Gasteiger partial charge on any atom is 0.257 e. The van der Waals surface area contributed by atoms with Crippen molar-refractivity contribution in [3.8, 4) is 17.5 Å². The van der Waals surface area contributed by atoms with E-state index in [0.717, 1.165) is 18.5 Å². The zero-order valence-corrected chi connectivity index (χ0v) is 16.9. The predicted octanol–water partition coefficient (Wildman–Crippen LogP) is 4.81. The van der Waals surface area contributed by atoms with Crippen molar-refractivity contribution in [2.24, 2.45) is 0 Å². The topological polar surface area (TPSA) is 76.3 Å². The van der Waals surface area contributed by atoms with Gasteiger partial charge in [0.25, 0.3) is 5.91 Å². The first kappa shape index (κ1) is 20.0. The third-order valence-electron chi connectivity index (χ3n) is 4.90. The molecule has 1 amide bonds. The minimum atomic E-state index is -0.260. The quantitative estimate of drug-likeness (QED) is 0.641. The molecular weight excluding hydrogens is 402 g/mol. The van der Waals surface area contributed by atoms with Gasteiger partial charge in [-0.15, -0.1) is 0 Å². The first-order chi connectivity index (χ1) is 14.6. The Labute approximate surface area is 179 Å². The molecule has 1 aromatic heterocycles. The van der Waals surface area contributed by atoms with Gasteiger partial charge in [-0.2, -0.15) is 5.26 Å². The Morgan fingerprint density at radius 2 is 1.93 bits per heavy atom. The highest BCUT2D eigenvalue weighted by Gasteiger charge is 2.17. The van der Waals surface area contributed by atoms with E-state index in [1.54, 1.807) is 42.6 Å². The van der Waals surface area contributed by atoms with Gasteiger partial charge in [-0.25, -0.2) is 0 Å². The second-order valence-electron chi connectivity index (χ2n) is 6.99. The molecule has 0 unspecified atom stereocenters. The molecule has 30 heavy (non-hydrogen) atoms. The van der Waals surface area contributed by atoms with E-state index in [1.807, 2.05) is 22.9 Å². The summed E-state index contributed by atoms with van der Waals surface area (Å²) in [5, 5.41) is 13.0. The van der Waals surface area contributed by atoms with E-state index in [2.05, 4.69) is 11.4 Å². The Morgan fingerprint density at radius 3 is 2.67 bits per heavy atom. The van der Waals surface area contributed by atoms with Crippen molar-refractivity contribution in [1.82, 2.24) is 4.57 Å². The first-order valence-electron chi connectivity index (χ1n) is 9.66. The predicted molar refractivity (Wildman–Crippen MR) is 114 cm³/mol. The number of anilines is 1. The Balaban J connectivity index is 1.45. The lowest BCUT2D eigenvalue weighted by Gasteiger charge is -2.23. The van der Waals surface area contributed by atoms with Crippen molar-refractivity contribution < 1.29 is 14.3 Å². The molecule has 1 aliphatic rings. The van der Waals surface area contributed by atoms with Crippen LogP contribution >= 0.6 is 11.6 Å². The molecule has 0 atom stereocenters. The van der Waals surface area contributed by atoms with Gasteiger partial charge < -0.3 is 19.4 Å². The standard InChI is InChI=1S/C23H20ClN3O3/c24-18-1-4-20(5-2-18)27-10-7-16(15-27)23(28)26-19-3-6-22(17(13-19)14-25)30-21-8-11-29-12-9-21/h1-7,10,13,15,21H,8-9,11-12H2,(H,26,28). The van der Waals surface area contributed by atoms with E-state index >= 15 is 0 Å². The van der Waals surface area contributed by atoms with Crippen LogP contribution in [0.15, 0.2) is 60.9 Å². The van der Waals surface area contributed by atoms with E-state index in [-0.39, 0.29) is 12.0 Å². The van der Waals surface area contributed by atoms with Crippen LogP contribution in [0.2, 0.25) is 5.02 Å². The summed E-state index contributed by atoms with van der Waals surface area (Å²) >= 11 is 5.92. The van der Waals surface area contributed by atoms with Crippen LogP contribution in [0.1, 0.15) is 28.8 Å². The van der Waals surface area contributed by atoms with E-state index in [4.69, 9.17) is 21.1 Å². The number of nitrogens with zero attached hydrogens (tertiary/aromatic N) is 2. The zero-order valence-electron chi connectivity index (χ0n) is 16.2. The van der Waals surface area contributed by atoms with Gasteiger partial charge in [0.1, 0.15) is 17.9 Å². The number of rotatable bonds is 5. The number of aromatic nitrogens is 1. The lowest BCUT2D eigenvalue weighted by atomic mass is 10.1. The molecule has 2 heterocycles. The van der Waals surface area contributed by atoms with Crippen molar-refractivity contribution in [3.63, 3.8) is 0 Å². The fraction of sp³-hybridized carbons (Fsp3) is 0.217. The Morgan fingerprint density at radius 1 is 1.17 bits per heavy atom. The van der Waals surface area contributed by atoms with E-state index in [0.29, 0.717) is 40.8 Å². The number of ether oxygens (including phenoxy) is 2. The fourth-order valence-electron chi connectivity index (χ4n) is 3.28. The van der Waals surface area contributed by atoms with Crippen LogP contribution in [0.3, 0.4) is 0 Å². The highest BCUT2D eigenvalue weighted by molar-refractivity contribution is 6.30. The molecule has 4 rings (SSSR count). The highest BCUT2D eigenvalue weighted by atomic mass is 35.5. The molecule has 0 aliphatic carbocycles. The number of hydrogen-bond acceptors (Lipinski definition) is 4. The van der Waals surface area contributed by atoms with Gasteiger partial charge in [-0.1, -0.05) is 11.6 Å². The lowest BCUT2D eigenvalue weighted by Crippen LogP contribution is -2.26. The fourth-order valence-corrected chi connectivity index (χ4v) is 3.41. The van der Waals surface area contributed by atoms with E-state index in [1.165, 1.54) is 0 Å². The molecule has 0 saturated carbocycles. The van der Waals surface area contributed by atoms with Crippen LogP contribution in [0.5, 0.6) is 5.75 Å². The van der Waals surface area contributed by atoms with Crippen molar-refractivity contribution in [3.05, 3.63) is 77.1 Å². The molecule has 1 aliphatic heterocycles. The normalized spacial score (nSPS) is 14.1. The maximum atomic E-state index is 12.6. The summed E-state index contributed by atoms with van der Waals surface area (Å²) in [6.45, 7) is 1.33. The molecule has 1 fully saturated rings. The number of halogens is 1. The minimum absolute atomic E-state index is 0.0407. The van der Waals surface area contributed by atoms with Crippen molar-refractivity contribution in [2.45, 2.75) is 18.9 Å². The van der Waals surface area contributed by atoms with Crippen LogP contribution in [-0.4, -0.2) is 29.8 Å². The SMILES string of the molecule is N#Cc1cc(NC(=O)c2ccn(-c3ccc(Cl)cc3)c2)ccc1OC1CCOCC1. The molecular formula is C23H20ClN3O3. The van der Waals surface area contributed by atoms with Crippen LogP contribution in [-0.2, 0) is 4.74 Å². The molecule has 1 N–H and O–H groups in total. The molecule has 1 saturated heterocycles. The van der Waals surface area contributed by atoms with Crippen molar-refractivity contribution in [1.29, 1.82) is 5.26 Å². The van der Waals surface area contributed by atoms with Gasteiger partial charge >= 0.3 is 0 Å². The largest absolute Gasteiger partial charge is 0.489 e. The highest BCUT2D eigenvalue weighted by Crippen LogP contribution is 2.26. The molecule has 0 bridgehead atoms. The Hall–Kier alpha value is -3.27. The number of amides is 1. The van der Waals surface area contributed by atoms with Gasteiger partial charge in [0, 0.05) is 41.6 Å². The summed E-state index contributed by atoms with van der Waals surface area (Å²) in [5.41, 5.74) is 2.33. The molecule has 2 aromatic carbocycles. The smallest absolute Gasteiger partial charge is 0.257 e. The summed E-state index contributed by atoms with van der Waals surface area (Å²) in [4.78, 5) is 12.6. The second-order valence-corrected chi connectivity index (χ2v) is 7.43. The van der Waals surface area contributed by atoms with Crippen molar-refractivity contribution >= 4 is 23.2 Å². The van der Waals surface area contributed by atoms with Gasteiger partial charge in [-0.3, -0.25) is 4.79 Å². The van der Waals surface area contributed by atoms with E-state index < -0.39 is 0 Å². The summed E-state index contributed by atoms with van der Waals surface area (Å²) in [5.74, 6) is 0.265. The number of nitriles is 1. The number of carbonyl (C=O) groups excluding carboxylic acids is 1. The first-order valence-corrected chi connectivity index (χ1v) is 10.0. The third-order valence-corrected chi connectivity index (χ3v) is 5.15. The summed E-state index contributed by atoms with van der Waals surface area (Å²) in [7, 11) is 0. The molecule has 7 heteroatoms. The molecule has 0 spiro atoms. The monoisotopic (exact) mass is 421 g/mol. The van der Waals surface area contributed by atoms with Crippen LogP contribution in [0.4, 0.5) is 5.69 Å². The Kier molecular flexibility index (Phi) is 6.03. The van der Waals surface area contributed by atoms with Crippen molar-refractivity contribution in [2.75, 3.05) is 18.5 Å². The number of nitrogens with one attached hydrogen (secondary N) is 1. The van der Waals surface area contributed by atoms with Gasteiger partial charge in [0.2, 0.25) is 0 Å². The molecule has 6 nitrogen and oxygen atoms in total. The average Bonchev–Trinajstić information content (AvgIpc) is 3.26. The number of carbonyl (C=O) groups is 1.